The van der Waals surface area contributed by atoms with Crippen molar-refractivity contribution in [1.29, 1.82) is 0 Å². The third-order valence-corrected chi connectivity index (χ3v) is 6.95. The molecule has 0 radical (unpaired) electrons. The lowest BCUT2D eigenvalue weighted by Crippen LogP contribution is -2.33. The van der Waals surface area contributed by atoms with Crippen LogP contribution in [-0.4, -0.2) is 75.4 Å². The Balaban J connectivity index is 2.01. The SMILES string of the molecule is NC(=O)c1ncn([C@@H]2O[C@H](COP(=O)(O)OP(=O)(O)OP(=O)(O)O)[C@@H](O)[C@H]2O)n1. The summed E-state index contributed by atoms with van der Waals surface area (Å²) in [6.45, 7) is -1.00. The predicted octanol–water partition coefficient (Wildman–Crippen LogP) is -2.66. The molecule has 1 amide bonds. The summed E-state index contributed by atoms with van der Waals surface area (Å²) >= 11 is 0. The van der Waals surface area contributed by atoms with E-state index in [0.29, 0.717) is 0 Å². The van der Waals surface area contributed by atoms with Crippen molar-refractivity contribution in [2.75, 3.05) is 6.61 Å². The molecule has 2 unspecified atom stereocenters. The summed E-state index contributed by atoms with van der Waals surface area (Å²) in [6, 6.07) is 0. The van der Waals surface area contributed by atoms with E-state index in [-0.39, 0.29) is 0 Å². The van der Waals surface area contributed by atoms with Crippen molar-refractivity contribution in [3.63, 3.8) is 0 Å². The van der Waals surface area contributed by atoms with Crippen LogP contribution in [0.3, 0.4) is 0 Å². The van der Waals surface area contributed by atoms with E-state index in [4.69, 9.17) is 25.2 Å². The van der Waals surface area contributed by atoms with E-state index in [0.717, 1.165) is 11.0 Å². The highest BCUT2D eigenvalue weighted by Gasteiger charge is 2.47. The van der Waals surface area contributed by atoms with Crippen LogP contribution in [0.5, 0.6) is 0 Å². The first-order valence-electron chi connectivity index (χ1n) is 7.11. The number of ether oxygens (including phenoxy) is 1. The minimum atomic E-state index is -5.71. The number of carbonyl (C=O) groups is 1. The van der Waals surface area contributed by atoms with Gasteiger partial charge in [0.05, 0.1) is 6.61 Å². The van der Waals surface area contributed by atoms with E-state index in [2.05, 4.69) is 23.2 Å². The fourth-order valence-corrected chi connectivity index (χ4v) is 5.10. The lowest BCUT2D eigenvalue weighted by atomic mass is 10.1. The van der Waals surface area contributed by atoms with E-state index in [1.807, 2.05) is 0 Å². The third-order valence-electron chi connectivity index (χ3n) is 3.14. The van der Waals surface area contributed by atoms with E-state index >= 15 is 0 Å². The fourth-order valence-electron chi connectivity index (χ4n) is 2.07. The van der Waals surface area contributed by atoms with Crippen LogP contribution in [0.1, 0.15) is 16.8 Å². The Bertz CT molecular complexity index is 899. The number of hydrogen-bond donors (Lipinski definition) is 7. The van der Waals surface area contributed by atoms with E-state index in [1.165, 1.54) is 0 Å². The number of phosphoric acid groups is 3. The standard InChI is InChI=1S/C8H15N4O14P3/c9-6(15)7-10-2-12(11-7)8-5(14)4(13)3(24-8)1-23-28(19,20)26-29(21,22)25-27(16,17)18/h2-5,8,13-14H,1H2,(H2,9,15)(H,19,20)(H,21,22)(H2,16,17,18)/t3-,4-,5-,8-/m1/s1. The van der Waals surface area contributed by atoms with Gasteiger partial charge in [-0.2, -0.15) is 8.62 Å². The van der Waals surface area contributed by atoms with Crippen LogP contribution in [0.15, 0.2) is 6.33 Å². The molecule has 21 heteroatoms. The summed E-state index contributed by atoms with van der Waals surface area (Å²) in [5, 5.41) is 23.5. The Labute approximate surface area is 160 Å². The number of amides is 1. The number of rotatable bonds is 9. The number of aromatic nitrogens is 3. The van der Waals surface area contributed by atoms with Gasteiger partial charge in [0.15, 0.2) is 6.23 Å². The van der Waals surface area contributed by atoms with Crippen LogP contribution in [0, 0.1) is 0 Å². The number of carbonyl (C=O) groups excluding carboxylic acids is 1. The fraction of sp³-hybridized carbons (Fsp3) is 0.625. The highest BCUT2D eigenvalue weighted by Crippen LogP contribution is 2.66. The first kappa shape index (κ1) is 24.2. The average molecular weight is 484 g/mol. The van der Waals surface area contributed by atoms with Gasteiger partial charge in [-0.05, 0) is 0 Å². The number of nitrogens with two attached hydrogens (primary N) is 1. The lowest BCUT2D eigenvalue weighted by Gasteiger charge is -2.19. The number of hydrogen-bond acceptors (Lipinski definition) is 12. The Kier molecular flexibility index (Phi) is 7.14. The van der Waals surface area contributed by atoms with Gasteiger partial charge in [-0.25, -0.2) is 23.4 Å². The van der Waals surface area contributed by atoms with Crippen LogP contribution in [-0.2, 0) is 31.6 Å². The van der Waals surface area contributed by atoms with Crippen molar-refractivity contribution in [3.8, 4) is 0 Å². The second kappa shape index (κ2) is 8.56. The quantitative estimate of drug-likeness (QED) is 0.176. The molecule has 2 rings (SSSR count). The molecule has 29 heavy (non-hydrogen) atoms. The van der Waals surface area contributed by atoms with E-state index < -0.39 is 66.3 Å². The largest absolute Gasteiger partial charge is 0.490 e. The molecule has 0 aromatic carbocycles. The van der Waals surface area contributed by atoms with Gasteiger partial charge in [0.2, 0.25) is 5.82 Å². The van der Waals surface area contributed by atoms with Crippen LogP contribution < -0.4 is 5.73 Å². The summed E-state index contributed by atoms with van der Waals surface area (Å²) in [5.74, 6) is -1.41. The highest BCUT2D eigenvalue weighted by atomic mass is 31.3. The Hall–Kier alpha value is -1.10. The van der Waals surface area contributed by atoms with Crippen LogP contribution in [0.25, 0.3) is 0 Å². The van der Waals surface area contributed by atoms with Gasteiger partial charge < -0.3 is 40.3 Å². The van der Waals surface area contributed by atoms with Gasteiger partial charge in [0, 0.05) is 0 Å². The molecule has 8 N–H and O–H groups in total. The molecule has 1 fully saturated rings. The molecule has 1 saturated heterocycles. The highest BCUT2D eigenvalue weighted by molar-refractivity contribution is 7.66. The van der Waals surface area contributed by atoms with Crippen LogP contribution in [0.4, 0.5) is 0 Å². The molecule has 1 aliphatic heterocycles. The first-order valence-corrected chi connectivity index (χ1v) is 11.6. The lowest BCUT2D eigenvalue weighted by molar-refractivity contribution is -0.0580. The number of phosphoric ester groups is 1. The van der Waals surface area contributed by atoms with Gasteiger partial charge in [-0.3, -0.25) is 9.32 Å². The Morgan fingerprint density at radius 2 is 1.76 bits per heavy atom. The zero-order valence-electron chi connectivity index (χ0n) is 13.8. The number of aliphatic hydroxyl groups is 2. The molecule has 1 aromatic heterocycles. The summed E-state index contributed by atoms with van der Waals surface area (Å²) in [5.41, 5.74) is 4.97. The predicted molar refractivity (Wildman–Crippen MR) is 84.3 cm³/mol. The van der Waals surface area contributed by atoms with E-state index in [9.17, 15) is 33.6 Å². The zero-order valence-corrected chi connectivity index (χ0v) is 16.5. The van der Waals surface area contributed by atoms with Gasteiger partial charge in [0.1, 0.15) is 24.6 Å². The minimum absolute atomic E-state index is 0.424. The summed E-state index contributed by atoms with van der Waals surface area (Å²) in [4.78, 5) is 49.8. The van der Waals surface area contributed by atoms with Crippen LogP contribution >= 0.6 is 23.5 Å². The number of aliphatic hydroxyl groups excluding tert-OH is 2. The maximum Gasteiger partial charge on any atom is 0.490 e. The zero-order chi connectivity index (χ0) is 22.2. The van der Waals surface area contributed by atoms with Crippen molar-refractivity contribution < 1.29 is 66.2 Å². The molecule has 2 heterocycles. The normalized spacial score (nSPS) is 29.3. The molecular weight excluding hydrogens is 469 g/mol. The topological polar surface area (TPSA) is 283 Å². The first-order chi connectivity index (χ1) is 13.1. The van der Waals surface area contributed by atoms with Gasteiger partial charge in [0.25, 0.3) is 5.91 Å². The van der Waals surface area contributed by atoms with Gasteiger partial charge in [-0.15, -0.1) is 5.10 Å². The third kappa shape index (κ3) is 6.70. The molecule has 18 nitrogen and oxygen atoms in total. The molecule has 0 spiro atoms. The smallest absolute Gasteiger partial charge is 0.387 e. The Morgan fingerprint density at radius 1 is 1.14 bits per heavy atom. The van der Waals surface area contributed by atoms with Gasteiger partial charge in [-0.1, -0.05) is 0 Å². The summed E-state index contributed by atoms with van der Waals surface area (Å²) < 4.78 is 50.8. The molecule has 166 valence electrons. The average Bonchev–Trinajstić information content (AvgIpc) is 3.09. The summed E-state index contributed by atoms with van der Waals surface area (Å²) in [6.07, 6.45) is -5.38. The van der Waals surface area contributed by atoms with Crippen molar-refractivity contribution in [3.05, 3.63) is 12.2 Å². The molecule has 0 aliphatic carbocycles. The Morgan fingerprint density at radius 3 is 2.28 bits per heavy atom. The van der Waals surface area contributed by atoms with Crippen molar-refractivity contribution >= 4 is 29.4 Å². The molecule has 1 aromatic rings. The van der Waals surface area contributed by atoms with Crippen molar-refractivity contribution in [1.82, 2.24) is 14.8 Å². The molecule has 1 aliphatic rings. The number of nitrogens with zero attached hydrogens (tertiary/aromatic N) is 3. The molecule has 0 bridgehead atoms. The second-order valence-electron chi connectivity index (χ2n) is 5.35. The minimum Gasteiger partial charge on any atom is -0.387 e. The second-order valence-corrected chi connectivity index (χ2v) is 9.77. The molecular formula is C8H15N4O14P3. The monoisotopic (exact) mass is 484 g/mol. The maximum atomic E-state index is 11.7. The summed E-state index contributed by atoms with van der Waals surface area (Å²) in [7, 11) is -16.7. The van der Waals surface area contributed by atoms with Crippen molar-refractivity contribution in [2.24, 2.45) is 5.73 Å². The van der Waals surface area contributed by atoms with Gasteiger partial charge >= 0.3 is 23.5 Å². The maximum absolute atomic E-state index is 11.7. The van der Waals surface area contributed by atoms with E-state index in [1.54, 1.807) is 0 Å². The number of primary amides is 1. The molecule has 6 atom stereocenters. The van der Waals surface area contributed by atoms with Crippen molar-refractivity contribution in [2.45, 2.75) is 24.5 Å². The van der Waals surface area contributed by atoms with Crippen LogP contribution in [0.2, 0.25) is 0 Å². The molecule has 0 saturated carbocycles.